The third-order valence-corrected chi connectivity index (χ3v) is 9.63. The summed E-state index contributed by atoms with van der Waals surface area (Å²) in [6.07, 6.45) is 0. The molecule has 230 valence electrons. The van der Waals surface area contributed by atoms with Crippen molar-refractivity contribution in [1.82, 2.24) is 4.57 Å². The number of nitrogens with zero attached hydrogens (tertiary/aromatic N) is 1. The topological polar surface area (TPSA) is 4.93 Å². The number of fused-ring (bicyclic) bond motifs is 2. The fraction of sp³-hybridized carbons (Fsp3) is 0. The Morgan fingerprint density at radius 2 is 0.776 bits per heavy atom. The molecule has 0 spiro atoms. The number of hydrogen-bond acceptors (Lipinski definition) is 0. The number of aromatic nitrogens is 1. The van der Waals surface area contributed by atoms with Gasteiger partial charge in [-0.25, -0.2) is 0 Å². The second-order valence-electron chi connectivity index (χ2n) is 12.5. The molecule has 0 atom stereocenters. The van der Waals surface area contributed by atoms with Crippen molar-refractivity contribution < 1.29 is 0 Å². The van der Waals surface area contributed by atoms with E-state index in [1.165, 1.54) is 77.4 Å². The Kier molecular flexibility index (Phi) is 7.22. The van der Waals surface area contributed by atoms with Crippen LogP contribution in [0.5, 0.6) is 0 Å². The van der Waals surface area contributed by atoms with Crippen molar-refractivity contribution in [2.24, 2.45) is 0 Å². The molecule has 0 aliphatic heterocycles. The molecule has 9 rings (SSSR count). The zero-order valence-electron chi connectivity index (χ0n) is 27.0. The van der Waals surface area contributed by atoms with Gasteiger partial charge in [0.1, 0.15) is 0 Å². The van der Waals surface area contributed by atoms with Crippen LogP contribution in [0.2, 0.25) is 0 Å². The third-order valence-electron chi connectivity index (χ3n) is 9.63. The summed E-state index contributed by atoms with van der Waals surface area (Å²) in [5.41, 5.74) is 13.2. The van der Waals surface area contributed by atoms with Crippen LogP contribution >= 0.6 is 0 Å². The standard InChI is InChI=1S/C48H33N/c1-5-15-34(16-6-1)41-29-30-43(35-17-7-2-8-18-35)48-44(41)33-39-23-13-14-24-42(39)47(48)38-25-27-40(28-26-38)49-45(36-19-9-3-10-20-36)31-32-46(49)37-21-11-4-12-22-37/h1-33H. The smallest absolute Gasteiger partial charge is 0.0535 e. The second kappa shape index (κ2) is 12.3. The Hall–Kier alpha value is -6.44. The third kappa shape index (κ3) is 5.13. The summed E-state index contributed by atoms with van der Waals surface area (Å²) >= 11 is 0. The normalized spacial score (nSPS) is 11.3. The first kappa shape index (κ1) is 28.8. The Morgan fingerprint density at radius 3 is 1.35 bits per heavy atom. The molecular formula is C48H33N. The van der Waals surface area contributed by atoms with Crippen molar-refractivity contribution in [2.45, 2.75) is 0 Å². The summed E-state index contributed by atoms with van der Waals surface area (Å²) in [5, 5.41) is 5.02. The molecule has 1 heteroatoms. The van der Waals surface area contributed by atoms with Crippen LogP contribution in [0.4, 0.5) is 0 Å². The van der Waals surface area contributed by atoms with Crippen LogP contribution in [0, 0.1) is 0 Å². The Balaban J connectivity index is 1.30. The van der Waals surface area contributed by atoms with E-state index in [0.29, 0.717) is 0 Å². The molecule has 1 aromatic heterocycles. The second-order valence-corrected chi connectivity index (χ2v) is 12.5. The molecule has 0 aliphatic rings. The Bertz CT molecular complexity index is 2490. The number of rotatable bonds is 6. The lowest BCUT2D eigenvalue weighted by molar-refractivity contribution is 1.10. The molecule has 0 amide bonds. The van der Waals surface area contributed by atoms with Gasteiger partial charge in [-0.15, -0.1) is 0 Å². The molecule has 0 unspecified atom stereocenters. The highest BCUT2D eigenvalue weighted by Gasteiger charge is 2.19. The summed E-state index contributed by atoms with van der Waals surface area (Å²) in [4.78, 5) is 0. The lowest BCUT2D eigenvalue weighted by Gasteiger charge is -2.20. The highest BCUT2D eigenvalue weighted by molar-refractivity contribution is 6.20. The van der Waals surface area contributed by atoms with Crippen LogP contribution in [0.3, 0.4) is 0 Å². The van der Waals surface area contributed by atoms with Gasteiger partial charge in [-0.2, -0.15) is 0 Å². The van der Waals surface area contributed by atoms with Gasteiger partial charge < -0.3 is 4.57 Å². The SMILES string of the molecule is c1ccc(-c2ccc(-c3ccccc3)c3c(-c4ccc(-n5c(-c6ccccc6)ccc5-c5ccccc5)cc4)c4ccccc4cc23)cc1. The van der Waals surface area contributed by atoms with E-state index in [-0.39, 0.29) is 0 Å². The summed E-state index contributed by atoms with van der Waals surface area (Å²) in [6, 6.07) is 72.4. The molecule has 0 saturated carbocycles. The first-order valence-corrected chi connectivity index (χ1v) is 16.9. The van der Waals surface area contributed by atoms with Gasteiger partial charge in [0, 0.05) is 5.69 Å². The van der Waals surface area contributed by atoms with Crippen LogP contribution < -0.4 is 0 Å². The first-order valence-electron chi connectivity index (χ1n) is 16.9. The van der Waals surface area contributed by atoms with Gasteiger partial charge in [-0.05, 0) is 96.4 Å². The fourth-order valence-electron chi connectivity index (χ4n) is 7.37. The van der Waals surface area contributed by atoms with E-state index in [1.807, 2.05) is 0 Å². The molecule has 1 nitrogen and oxygen atoms in total. The van der Waals surface area contributed by atoms with Crippen molar-refractivity contribution >= 4 is 21.5 Å². The minimum atomic E-state index is 1.13. The summed E-state index contributed by atoms with van der Waals surface area (Å²) in [7, 11) is 0. The predicted octanol–water partition coefficient (Wildman–Crippen LogP) is 13.1. The highest BCUT2D eigenvalue weighted by atomic mass is 15.0. The molecule has 1 heterocycles. The molecule has 0 saturated heterocycles. The molecule has 49 heavy (non-hydrogen) atoms. The Labute approximate surface area is 287 Å². The minimum absolute atomic E-state index is 1.13. The van der Waals surface area contributed by atoms with E-state index in [1.54, 1.807) is 0 Å². The summed E-state index contributed by atoms with van der Waals surface area (Å²) < 4.78 is 2.39. The average Bonchev–Trinajstić information content (AvgIpc) is 3.63. The summed E-state index contributed by atoms with van der Waals surface area (Å²) in [6.45, 7) is 0. The average molecular weight is 624 g/mol. The van der Waals surface area contributed by atoms with E-state index < -0.39 is 0 Å². The lowest BCUT2D eigenvalue weighted by atomic mass is 9.84. The quantitative estimate of drug-likeness (QED) is 0.162. The summed E-state index contributed by atoms with van der Waals surface area (Å²) in [5.74, 6) is 0. The molecule has 8 aromatic carbocycles. The van der Waals surface area contributed by atoms with Crippen molar-refractivity contribution in [3.63, 3.8) is 0 Å². The molecular weight excluding hydrogens is 591 g/mol. The minimum Gasteiger partial charge on any atom is -0.309 e. The van der Waals surface area contributed by atoms with Gasteiger partial charge in [0.25, 0.3) is 0 Å². The van der Waals surface area contributed by atoms with Crippen molar-refractivity contribution in [1.29, 1.82) is 0 Å². The van der Waals surface area contributed by atoms with E-state index >= 15 is 0 Å². The van der Waals surface area contributed by atoms with Gasteiger partial charge in [0.2, 0.25) is 0 Å². The van der Waals surface area contributed by atoms with Crippen LogP contribution in [-0.2, 0) is 0 Å². The van der Waals surface area contributed by atoms with Gasteiger partial charge >= 0.3 is 0 Å². The van der Waals surface area contributed by atoms with E-state index in [4.69, 9.17) is 0 Å². The lowest BCUT2D eigenvalue weighted by Crippen LogP contribution is -1.99. The van der Waals surface area contributed by atoms with Crippen LogP contribution in [0.1, 0.15) is 0 Å². The van der Waals surface area contributed by atoms with Gasteiger partial charge in [0.15, 0.2) is 0 Å². The van der Waals surface area contributed by atoms with Crippen LogP contribution in [0.25, 0.3) is 83.1 Å². The maximum atomic E-state index is 2.39. The number of benzene rings is 8. The van der Waals surface area contributed by atoms with E-state index in [0.717, 1.165) is 5.69 Å². The molecule has 0 fully saturated rings. The van der Waals surface area contributed by atoms with Gasteiger partial charge in [-0.1, -0.05) is 170 Å². The van der Waals surface area contributed by atoms with Crippen LogP contribution in [-0.4, -0.2) is 4.57 Å². The fourth-order valence-corrected chi connectivity index (χ4v) is 7.37. The maximum absolute atomic E-state index is 2.39. The molecule has 9 aromatic rings. The monoisotopic (exact) mass is 623 g/mol. The largest absolute Gasteiger partial charge is 0.309 e. The predicted molar refractivity (Wildman–Crippen MR) is 208 cm³/mol. The molecule has 0 N–H and O–H groups in total. The van der Waals surface area contributed by atoms with Gasteiger partial charge in [0.05, 0.1) is 11.4 Å². The number of hydrogen-bond donors (Lipinski definition) is 0. The molecule has 0 radical (unpaired) electrons. The maximum Gasteiger partial charge on any atom is 0.0535 e. The zero-order valence-corrected chi connectivity index (χ0v) is 27.0. The van der Waals surface area contributed by atoms with E-state index in [2.05, 4.69) is 205 Å². The Morgan fingerprint density at radius 1 is 0.306 bits per heavy atom. The van der Waals surface area contributed by atoms with Crippen molar-refractivity contribution in [3.8, 4) is 61.6 Å². The van der Waals surface area contributed by atoms with Crippen molar-refractivity contribution in [2.75, 3.05) is 0 Å². The van der Waals surface area contributed by atoms with Gasteiger partial charge in [-0.3, -0.25) is 0 Å². The highest BCUT2D eigenvalue weighted by Crippen LogP contribution is 2.45. The van der Waals surface area contributed by atoms with Crippen LogP contribution in [0.15, 0.2) is 200 Å². The van der Waals surface area contributed by atoms with E-state index in [9.17, 15) is 0 Å². The van der Waals surface area contributed by atoms with Crippen molar-refractivity contribution in [3.05, 3.63) is 200 Å². The first-order chi connectivity index (χ1) is 24.3. The zero-order chi connectivity index (χ0) is 32.6. The molecule has 0 aliphatic carbocycles. The molecule has 0 bridgehead atoms.